The number of hydrogen-bond acceptors (Lipinski definition) is 3. The second kappa shape index (κ2) is 9.94. The van der Waals surface area contributed by atoms with Gasteiger partial charge in [0, 0.05) is 6.54 Å². The lowest BCUT2D eigenvalue weighted by atomic mass is 10.1. The number of aryl methyl sites for hydroxylation is 1. The number of ether oxygens (including phenoxy) is 2. The Morgan fingerprint density at radius 3 is 2.26 bits per heavy atom. The maximum absolute atomic E-state index is 6.18. The van der Waals surface area contributed by atoms with Crippen molar-refractivity contribution in [2.75, 3.05) is 32.8 Å². The molecule has 23 heavy (non-hydrogen) atoms. The van der Waals surface area contributed by atoms with E-state index in [1.807, 2.05) is 12.1 Å². The molecule has 3 nitrogen and oxygen atoms in total. The third kappa shape index (κ3) is 7.36. The first kappa shape index (κ1) is 20.0. The van der Waals surface area contributed by atoms with Crippen molar-refractivity contribution >= 4 is 0 Å². The van der Waals surface area contributed by atoms with Crippen LogP contribution in [-0.4, -0.2) is 43.3 Å². The van der Waals surface area contributed by atoms with E-state index >= 15 is 0 Å². The highest BCUT2D eigenvalue weighted by atomic mass is 16.5. The minimum Gasteiger partial charge on any atom is -0.485 e. The Balaban J connectivity index is 2.41. The molecule has 132 valence electrons. The van der Waals surface area contributed by atoms with Crippen molar-refractivity contribution in [3.63, 3.8) is 0 Å². The highest BCUT2D eigenvalue weighted by Crippen LogP contribution is 2.25. The van der Waals surface area contributed by atoms with E-state index in [0.717, 1.165) is 32.0 Å². The highest BCUT2D eigenvalue weighted by Gasteiger charge is 2.21. The molecule has 1 rings (SSSR count). The van der Waals surface area contributed by atoms with Crippen molar-refractivity contribution in [3.8, 4) is 5.75 Å². The van der Waals surface area contributed by atoms with Gasteiger partial charge in [-0.05, 0) is 70.8 Å². The van der Waals surface area contributed by atoms with Crippen LogP contribution in [0.3, 0.4) is 0 Å². The van der Waals surface area contributed by atoms with E-state index < -0.39 is 0 Å². The average molecular weight is 322 g/mol. The molecule has 1 aromatic carbocycles. The fraction of sp³-hybridized carbons (Fsp3) is 0.700. The van der Waals surface area contributed by atoms with Crippen LogP contribution < -0.4 is 4.74 Å². The Kier molecular flexibility index (Phi) is 8.64. The molecule has 0 saturated heterocycles. The Labute approximate surface area is 143 Å². The monoisotopic (exact) mass is 321 g/mol. The Bertz CT molecular complexity index is 451. The van der Waals surface area contributed by atoms with Crippen LogP contribution in [0.4, 0.5) is 0 Å². The fourth-order valence-corrected chi connectivity index (χ4v) is 2.64. The first-order valence-corrected chi connectivity index (χ1v) is 8.95. The second-order valence-electron chi connectivity index (χ2n) is 6.95. The molecule has 0 saturated carbocycles. The van der Waals surface area contributed by atoms with Crippen molar-refractivity contribution in [2.45, 2.75) is 60.0 Å². The summed E-state index contributed by atoms with van der Waals surface area (Å²) in [5.41, 5.74) is 2.14. The first-order chi connectivity index (χ1) is 10.9. The van der Waals surface area contributed by atoms with Gasteiger partial charge in [-0.2, -0.15) is 0 Å². The minimum absolute atomic E-state index is 0.321. The maximum Gasteiger partial charge on any atom is 0.127 e. The Hall–Kier alpha value is -1.06. The van der Waals surface area contributed by atoms with Crippen molar-refractivity contribution in [1.29, 1.82) is 0 Å². The summed E-state index contributed by atoms with van der Waals surface area (Å²) in [5, 5.41) is 0. The molecule has 3 heteroatoms. The molecule has 0 heterocycles. The fourth-order valence-electron chi connectivity index (χ4n) is 2.64. The predicted octanol–water partition coefficient (Wildman–Crippen LogP) is 4.60. The normalized spacial score (nSPS) is 12.0. The number of benzene rings is 1. The molecular weight excluding hydrogens is 286 g/mol. The molecule has 0 amide bonds. The zero-order valence-corrected chi connectivity index (χ0v) is 15.9. The quantitative estimate of drug-likeness (QED) is 0.556. The van der Waals surface area contributed by atoms with E-state index in [1.165, 1.54) is 24.0 Å². The molecule has 0 aliphatic rings. The summed E-state index contributed by atoms with van der Waals surface area (Å²) in [4.78, 5) is 2.47. The average Bonchev–Trinajstić information content (AvgIpc) is 2.48. The van der Waals surface area contributed by atoms with E-state index in [9.17, 15) is 0 Å². The lowest BCUT2D eigenvalue weighted by molar-refractivity contribution is -0.00959. The van der Waals surface area contributed by atoms with Crippen LogP contribution in [0.15, 0.2) is 18.2 Å². The molecule has 0 aliphatic carbocycles. The van der Waals surface area contributed by atoms with Gasteiger partial charge in [-0.25, -0.2) is 0 Å². The second-order valence-corrected chi connectivity index (χ2v) is 6.95. The summed E-state index contributed by atoms with van der Waals surface area (Å²) >= 11 is 0. The van der Waals surface area contributed by atoms with E-state index in [0.29, 0.717) is 6.61 Å². The standard InChI is InChI=1S/C20H35NO2/c1-7-12-21(13-8-2)14-15-22-16-20(5,6)23-19-11-9-10-17(3)18(19)4/h9-11H,7-8,12-16H2,1-6H3. The van der Waals surface area contributed by atoms with Crippen LogP contribution in [-0.2, 0) is 4.74 Å². The van der Waals surface area contributed by atoms with Crippen LogP contribution in [0.2, 0.25) is 0 Å². The lowest BCUT2D eigenvalue weighted by Crippen LogP contribution is -2.36. The molecule has 0 spiro atoms. The molecule has 1 aromatic rings. The summed E-state index contributed by atoms with van der Waals surface area (Å²) in [6.07, 6.45) is 2.39. The lowest BCUT2D eigenvalue weighted by Gasteiger charge is -2.28. The largest absolute Gasteiger partial charge is 0.485 e. The molecular formula is C20H35NO2. The van der Waals surface area contributed by atoms with E-state index in [-0.39, 0.29) is 5.60 Å². The van der Waals surface area contributed by atoms with Crippen LogP contribution in [0, 0.1) is 13.8 Å². The van der Waals surface area contributed by atoms with Gasteiger partial charge in [0.05, 0.1) is 13.2 Å². The van der Waals surface area contributed by atoms with Crippen molar-refractivity contribution in [3.05, 3.63) is 29.3 Å². The summed E-state index contributed by atoms with van der Waals surface area (Å²) in [5.74, 6) is 0.956. The molecule has 0 bridgehead atoms. The SMILES string of the molecule is CCCN(CCC)CCOCC(C)(C)Oc1cccc(C)c1C. The van der Waals surface area contributed by atoms with E-state index in [4.69, 9.17) is 9.47 Å². The minimum atomic E-state index is -0.321. The molecule has 0 aliphatic heterocycles. The van der Waals surface area contributed by atoms with Crippen molar-refractivity contribution < 1.29 is 9.47 Å². The predicted molar refractivity (Wildman–Crippen MR) is 98.5 cm³/mol. The van der Waals surface area contributed by atoms with Gasteiger partial charge in [-0.1, -0.05) is 26.0 Å². The smallest absolute Gasteiger partial charge is 0.127 e. The molecule has 0 aromatic heterocycles. The highest BCUT2D eigenvalue weighted by molar-refractivity contribution is 5.38. The zero-order chi connectivity index (χ0) is 17.3. The van der Waals surface area contributed by atoms with Crippen LogP contribution >= 0.6 is 0 Å². The summed E-state index contributed by atoms with van der Waals surface area (Å²) in [6.45, 7) is 17.5. The number of rotatable bonds is 11. The summed E-state index contributed by atoms with van der Waals surface area (Å²) < 4.78 is 12.1. The zero-order valence-electron chi connectivity index (χ0n) is 15.9. The van der Waals surface area contributed by atoms with Gasteiger partial charge < -0.3 is 14.4 Å². The Morgan fingerprint density at radius 2 is 1.65 bits per heavy atom. The maximum atomic E-state index is 6.18. The van der Waals surface area contributed by atoms with Gasteiger partial charge in [0.2, 0.25) is 0 Å². The third-order valence-electron chi connectivity index (χ3n) is 4.02. The van der Waals surface area contributed by atoms with Gasteiger partial charge in [0.15, 0.2) is 0 Å². The van der Waals surface area contributed by atoms with Crippen molar-refractivity contribution in [1.82, 2.24) is 4.90 Å². The first-order valence-electron chi connectivity index (χ1n) is 8.95. The van der Waals surface area contributed by atoms with Crippen LogP contribution in [0.5, 0.6) is 5.75 Å². The molecule has 0 atom stereocenters. The number of hydrogen-bond donors (Lipinski definition) is 0. The van der Waals surface area contributed by atoms with Crippen LogP contribution in [0.25, 0.3) is 0 Å². The summed E-state index contributed by atoms with van der Waals surface area (Å²) in [6, 6.07) is 6.19. The van der Waals surface area contributed by atoms with Crippen LogP contribution in [0.1, 0.15) is 51.7 Å². The topological polar surface area (TPSA) is 21.7 Å². The molecule has 0 N–H and O–H groups in total. The number of nitrogens with zero attached hydrogens (tertiary/aromatic N) is 1. The third-order valence-corrected chi connectivity index (χ3v) is 4.02. The summed E-state index contributed by atoms with van der Waals surface area (Å²) in [7, 11) is 0. The van der Waals surface area contributed by atoms with Gasteiger partial charge in [-0.3, -0.25) is 0 Å². The Morgan fingerprint density at radius 1 is 1.00 bits per heavy atom. The van der Waals surface area contributed by atoms with E-state index in [2.05, 4.69) is 52.5 Å². The van der Waals surface area contributed by atoms with Gasteiger partial charge in [0.25, 0.3) is 0 Å². The van der Waals surface area contributed by atoms with E-state index in [1.54, 1.807) is 0 Å². The van der Waals surface area contributed by atoms with Gasteiger partial charge in [-0.15, -0.1) is 0 Å². The molecule has 0 fully saturated rings. The van der Waals surface area contributed by atoms with Crippen molar-refractivity contribution in [2.24, 2.45) is 0 Å². The molecule has 0 radical (unpaired) electrons. The van der Waals surface area contributed by atoms with Gasteiger partial charge in [0.1, 0.15) is 11.4 Å². The molecule has 0 unspecified atom stereocenters. The van der Waals surface area contributed by atoms with Gasteiger partial charge >= 0.3 is 0 Å².